The van der Waals surface area contributed by atoms with Gasteiger partial charge in [-0.3, -0.25) is 10.2 Å². The lowest BCUT2D eigenvalue weighted by molar-refractivity contribution is 0.0942. The van der Waals surface area contributed by atoms with Crippen LogP contribution in [0.3, 0.4) is 0 Å². The molecule has 0 saturated heterocycles. The van der Waals surface area contributed by atoms with Crippen molar-refractivity contribution in [2.75, 3.05) is 0 Å². The highest BCUT2D eigenvalue weighted by Crippen LogP contribution is 2.26. The van der Waals surface area contributed by atoms with Crippen molar-refractivity contribution in [2.24, 2.45) is 5.92 Å². The molecular weight excluding hydrogens is 284 g/mol. The monoisotopic (exact) mass is 308 g/mol. The summed E-state index contributed by atoms with van der Waals surface area (Å²) in [5.41, 5.74) is 6.35. The third kappa shape index (κ3) is 4.13. The molecule has 3 nitrogen and oxygen atoms in total. The van der Waals surface area contributed by atoms with E-state index < -0.39 is 0 Å². The van der Waals surface area contributed by atoms with Gasteiger partial charge in [0, 0.05) is 11.8 Å². The van der Waals surface area contributed by atoms with Gasteiger partial charge in [-0.2, -0.15) is 0 Å². The zero-order chi connectivity index (χ0) is 15.9. The normalized spacial score (nSPS) is 15.8. The molecule has 0 aliphatic heterocycles. The van der Waals surface area contributed by atoms with Gasteiger partial charge >= 0.3 is 0 Å². The number of rotatable bonds is 5. The van der Waals surface area contributed by atoms with Gasteiger partial charge in [-0.05, 0) is 29.2 Å². The zero-order valence-corrected chi connectivity index (χ0v) is 13.4. The Hall–Kier alpha value is -2.29. The van der Waals surface area contributed by atoms with Crippen molar-refractivity contribution < 1.29 is 4.79 Å². The van der Waals surface area contributed by atoms with E-state index in [9.17, 15) is 4.79 Å². The molecule has 2 aromatic rings. The SMILES string of the molecule is O=C(NN/C=C/CC1CCCCC1)c1cccc2ccccc12. The lowest BCUT2D eigenvalue weighted by Gasteiger charge is -2.19. The highest BCUT2D eigenvalue weighted by molar-refractivity contribution is 6.06. The first-order valence-corrected chi connectivity index (χ1v) is 8.53. The Kier molecular flexibility index (Phi) is 5.30. The number of hydrazine groups is 1. The molecule has 1 aliphatic carbocycles. The fraction of sp³-hybridized carbons (Fsp3) is 0.350. The molecule has 0 spiro atoms. The molecule has 3 rings (SSSR count). The second-order valence-corrected chi connectivity index (χ2v) is 6.27. The molecule has 0 bridgehead atoms. The minimum absolute atomic E-state index is 0.107. The third-order valence-corrected chi connectivity index (χ3v) is 4.62. The lowest BCUT2D eigenvalue weighted by Crippen LogP contribution is -2.33. The number of benzene rings is 2. The Morgan fingerprint density at radius 1 is 1.04 bits per heavy atom. The van der Waals surface area contributed by atoms with Crippen molar-refractivity contribution in [3.8, 4) is 0 Å². The van der Waals surface area contributed by atoms with Crippen LogP contribution in [0.4, 0.5) is 0 Å². The third-order valence-electron chi connectivity index (χ3n) is 4.62. The fourth-order valence-electron chi connectivity index (χ4n) is 3.34. The average Bonchev–Trinajstić information content (AvgIpc) is 2.61. The maximum Gasteiger partial charge on any atom is 0.270 e. The van der Waals surface area contributed by atoms with Crippen LogP contribution in [0.1, 0.15) is 48.9 Å². The number of carbonyl (C=O) groups excluding carboxylic acids is 1. The molecule has 120 valence electrons. The number of hydrogen-bond donors (Lipinski definition) is 2. The highest BCUT2D eigenvalue weighted by atomic mass is 16.2. The summed E-state index contributed by atoms with van der Waals surface area (Å²) in [5.74, 6) is 0.708. The van der Waals surface area contributed by atoms with Crippen LogP contribution in [-0.4, -0.2) is 5.91 Å². The first kappa shape index (κ1) is 15.6. The van der Waals surface area contributed by atoms with Crippen LogP contribution >= 0.6 is 0 Å². The molecule has 1 amide bonds. The van der Waals surface area contributed by atoms with Crippen LogP contribution in [-0.2, 0) is 0 Å². The number of amides is 1. The summed E-state index contributed by atoms with van der Waals surface area (Å²) in [6.45, 7) is 0. The summed E-state index contributed by atoms with van der Waals surface area (Å²) in [4.78, 5) is 12.3. The van der Waals surface area contributed by atoms with Crippen LogP contribution in [0.2, 0.25) is 0 Å². The van der Waals surface area contributed by atoms with Gasteiger partial charge in [-0.15, -0.1) is 0 Å². The first-order chi connectivity index (χ1) is 11.3. The van der Waals surface area contributed by atoms with Gasteiger partial charge in [0.25, 0.3) is 5.91 Å². The maximum absolute atomic E-state index is 12.3. The Morgan fingerprint density at radius 3 is 2.70 bits per heavy atom. The quantitative estimate of drug-likeness (QED) is 0.795. The number of allylic oxidation sites excluding steroid dienone is 1. The molecule has 1 saturated carbocycles. The van der Waals surface area contributed by atoms with E-state index in [-0.39, 0.29) is 5.91 Å². The van der Waals surface area contributed by atoms with Crippen molar-refractivity contribution in [3.63, 3.8) is 0 Å². The molecule has 0 atom stereocenters. The fourth-order valence-corrected chi connectivity index (χ4v) is 3.34. The lowest BCUT2D eigenvalue weighted by atomic mass is 9.87. The van der Waals surface area contributed by atoms with Gasteiger partial charge in [0.05, 0.1) is 0 Å². The Labute approximate surface area is 137 Å². The number of nitrogens with one attached hydrogen (secondary N) is 2. The van der Waals surface area contributed by atoms with Crippen LogP contribution in [0, 0.1) is 5.92 Å². The molecule has 1 fully saturated rings. The minimum atomic E-state index is -0.107. The van der Waals surface area contributed by atoms with E-state index in [1.807, 2.05) is 48.7 Å². The van der Waals surface area contributed by atoms with Crippen molar-refractivity contribution in [1.29, 1.82) is 0 Å². The van der Waals surface area contributed by atoms with E-state index in [1.165, 1.54) is 32.1 Å². The van der Waals surface area contributed by atoms with Crippen LogP contribution in [0.5, 0.6) is 0 Å². The molecule has 0 aromatic heterocycles. The van der Waals surface area contributed by atoms with Crippen LogP contribution in [0.15, 0.2) is 54.7 Å². The van der Waals surface area contributed by atoms with Gasteiger partial charge in [0.1, 0.15) is 0 Å². The smallest absolute Gasteiger partial charge is 0.270 e. The van der Waals surface area contributed by atoms with Crippen molar-refractivity contribution in [1.82, 2.24) is 10.9 Å². The summed E-state index contributed by atoms with van der Waals surface area (Å²) in [6.07, 6.45) is 11.9. The van der Waals surface area contributed by atoms with E-state index in [1.54, 1.807) is 0 Å². The van der Waals surface area contributed by atoms with E-state index >= 15 is 0 Å². The van der Waals surface area contributed by atoms with Crippen molar-refractivity contribution in [3.05, 3.63) is 60.3 Å². The number of hydrogen-bond acceptors (Lipinski definition) is 2. The largest absolute Gasteiger partial charge is 0.306 e. The molecular formula is C20H24N2O. The van der Waals surface area contributed by atoms with E-state index in [0.29, 0.717) is 5.56 Å². The van der Waals surface area contributed by atoms with Crippen LogP contribution in [0.25, 0.3) is 10.8 Å². The van der Waals surface area contributed by atoms with E-state index in [2.05, 4.69) is 16.9 Å². The topological polar surface area (TPSA) is 41.1 Å². The molecule has 23 heavy (non-hydrogen) atoms. The average molecular weight is 308 g/mol. The molecule has 2 N–H and O–H groups in total. The summed E-state index contributed by atoms with van der Waals surface area (Å²) in [7, 11) is 0. The summed E-state index contributed by atoms with van der Waals surface area (Å²) >= 11 is 0. The maximum atomic E-state index is 12.3. The van der Waals surface area contributed by atoms with E-state index in [0.717, 1.165) is 23.1 Å². The van der Waals surface area contributed by atoms with Crippen molar-refractivity contribution >= 4 is 16.7 Å². The van der Waals surface area contributed by atoms with Crippen LogP contribution < -0.4 is 10.9 Å². The number of carbonyl (C=O) groups is 1. The number of fused-ring (bicyclic) bond motifs is 1. The predicted molar refractivity (Wildman–Crippen MR) is 94.9 cm³/mol. The summed E-state index contributed by atoms with van der Waals surface area (Å²) < 4.78 is 0. The molecule has 1 aliphatic rings. The molecule has 0 unspecified atom stereocenters. The molecule has 0 heterocycles. The highest BCUT2D eigenvalue weighted by Gasteiger charge is 2.11. The Morgan fingerprint density at radius 2 is 1.83 bits per heavy atom. The molecule has 3 heteroatoms. The van der Waals surface area contributed by atoms with Crippen molar-refractivity contribution in [2.45, 2.75) is 38.5 Å². The predicted octanol–water partition coefficient (Wildman–Crippen LogP) is 4.56. The van der Waals surface area contributed by atoms with Gasteiger partial charge < -0.3 is 5.43 Å². The standard InChI is InChI=1S/C20H24N2O/c23-20(19-14-6-12-17-11-4-5-13-18(17)19)22-21-15-7-10-16-8-2-1-3-9-16/h4-7,11-16,21H,1-3,8-10H2,(H,22,23)/b15-7+. The first-order valence-electron chi connectivity index (χ1n) is 8.53. The Bertz CT molecular complexity index is 682. The van der Waals surface area contributed by atoms with Gasteiger partial charge in [-0.25, -0.2) is 0 Å². The Balaban J connectivity index is 1.52. The minimum Gasteiger partial charge on any atom is -0.306 e. The summed E-state index contributed by atoms with van der Waals surface area (Å²) in [5, 5.41) is 2.05. The van der Waals surface area contributed by atoms with Gasteiger partial charge in [0.2, 0.25) is 0 Å². The second kappa shape index (κ2) is 7.82. The second-order valence-electron chi connectivity index (χ2n) is 6.27. The van der Waals surface area contributed by atoms with Gasteiger partial charge in [-0.1, -0.05) is 74.6 Å². The molecule has 0 radical (unpaired) electrons. The summed E-state index contributed by atoms with van der Waals surface area (Å²) in [6, 6.07) is 13.7. The zero-order valence-electron chi connectivity index (χ0n) is 13.4. The van der Waals surface area contributed by atoms with Gasteiger partial charge in [0.15, 0.2) is 0 Å². The molecule has 2 aromatic carbocycles. The van der Waals surface area contributed by atoms with E-state index in [4.69, 9.17) is 0 Å².